The number of aromatic nitrogens is 2. The summed E-state index contributed by atoms with van der Waals surface area (Å²) in [6, 6.07) is 14.8. The number of thiophene rings is 1. The molecule has 4 rings (SSSR count). The molecule has 172 valence electrons. The van der Waals surface area contributed by atoms with Crippen LogP contribution in [0.4, 0.5) is 4.39 Å². The third kappa shape index (κ3) is 4.79. The minimum atomic E-state index is -3.35. The van der Waals surface area contributed by atoms with Crippen LogP contribution >= 0.6 is 38.9 Å². The van der Waals surface area contributed by atoms with Crippen molar-refractivity contribution in [1.29, 1.82) is 0 Å². The van der Waals surface area contributed by atoms with E-state index in [-0.39, 0.29) is 9.92 Å². The van der Waals surface area contributed by atoms with Crippen molar-refractivity contribution in [3.05, 3.63) is 75.6 Å². The fourth-order valence-corrected chi connectivity index (χ4v) is 5.99. The van der Waals surface area contributed by atoms with E-state index in [1.807, 2.05) is 12.1 Å². The smallest absolute Gasteiger partial charge is 0.175 e. The van der Waals surface area contributed by atoms with Gasteiger partial charge in [0.05, 0.1) is 26.8 Å². The molecule has 5 nitrogen and oxygen atoms in total. The lowest BCUT2D eigenvalue weighted by atomic mass is 10.1. The van der Waals surface area contributed by atoms with Crippen molar-refractivity contribution < 1.29 is 17.9 Å². The molecule has 4 aromatic rings. The van der Waals surface area contributed by atoms with Gasteiger partial charge in [0.25, 0.3) is 0 Å². The second-order valence-electron chi connectivity index (χ2n) is 8.05. The Labute approximate surface area is 208 Å². The summed E-state index contributed by atoms with van der Waals surface area (Å²) < 4.78 is 40.4. The minimum Gasteiger partial charge on any atom is -0.384 e. The first-order valence-corrected chi connectivity index (χ1v) is 13.6. The first-order chi connectivity index (χ1) is 15.4. The molecule has 0 atom stereocenters. The Morgan fingerprint density at radius 2 is 1.85 bits per heavy atom. The normalized spacial score (nSPS) is 12.3. The third-order valence-electron chi connectivity index (χ3n) is 4.96. The van der Waals surface area contributed by atoms with E-state index in [2.05, 4.69) is 21.0 Å². The predicted molar refractivity (Wildman–Crippen MR) is 133 cm³/mol. The van der Waals surface area contributed by atoms with Crippen LogP contribution in [0.15, 0.2) is 64.0 Å². The summed E-state index contributed by atoms with van der Waals surface area (Å²) in [5.41, 5.74) is 0.826. The summed E-state index contributed by atoms with van der Waals surface area (Å²) in [6.45, 7) is 3.23. The molecule has 1 N–H and O–H groups in total. The molecule has 0 aliphatic heterocycles. The Bertz CT molecular complexity index is 1470. The third-order valence-corrected chi connectivity index (χ3v) is 8.54. The lowest BCUT2D eigenvalue weighted by Crippen LogP contribution is -2.16. The Balaban J connectivity index is 1.91. The molecule has 0 saturated carbocycles. The molecule has 2 aromatic heterocycles. The number of benzene rings is 2. The van der Waals surface area contributed by atoms with Crippen molar-refractivity contribution in [3.8, 4) is 26.7 Å². The zero-order valence-corrected chi connectivity index (χ0v) is 21.8. The van der Waals surface area contributed by atoms with Gasteiger partial charge in [-0.15, -0.1) is 11.3 Å². The second kappa shape index (κ2) is 8.63. The lowest BCUT2D eigenvalue weighted by Gasteiger charge is -2.13. The van der Waals surface area contributed by atoms with Crippen LogP contribution in [0.1, 0.15) is 19.5 Å². The van der Waals surface area contributed by atoms with Gasteiger partial charge in [-0.2, -0.15) is 5.10 Å². The summed E-state index contributed by atoms with van der Waals surface area (Å²) >= 11 is 11.2. The number of nitrogens with zero attached hydrogens (tertiary/aromatic N) is 2. The Morgan fingerprint density at radius 1 is 1.15 bits per heavy atom. The van der Waals surface area contributed by atoms with Gasteiger partial charge in [0.1, 0.15) is 16.4 Å². The van der Waals surface area contributed by atoms with Gasteiger partial charge >= 0.3 is 0 Å². The summed E-state index contributed by atoms with van der Waals surface area (Å²) in [5, 5.41) is 15.0. The molecule has 0 amide bonds. The molecule has 2 heterocycles. The molecule has 0 fully saturated rings. The molecule has 10 heteroatoms. The molecule has 0 radical (unpaired) electrons. The maximum Gasteiger partial charge on any atom is 0.175 e. The Morgan fingerprint density at radius 3 is 2.52 bits per heavy atom. The highest BCUT2D eigenvalue weighted by atomic mass is 79.9. The van der Waals surface area contributed by atoms with Crippen LogP contribution < -0.4 is 0 Å². The number of hydrogen-bond acceptors (Lipinski definition) is 5. The van der Waals surface area contributed by atoms with Gasteiger partial charge in [0.15, 0.2) is 9.84 Å². The van der Waals surface area contributed by atoms with Gasteiger partial charge in [0.2, 0.25) is 0 Å². The summed E-state index contributed by atoms with van der Waals surface area (Å²) in [6.07, 6.45) is 1.17. The molecule has 33 heavy (non-hydrogen) atoms. The zero-order valence-electron chi connectivity index (χ0n) is 17.8. The zero-order chi connectivity index (χ0) is 24.1. The summed E-state index contributed by atoms with van der Waals surface area (Å²) in [4.78, 5) is 1.82. The first kappa shape index (κ1) is 24.1. The van der Waals surface area contributed by atoms with Crippen molar-refractivity contribution in [1.82, 2.24) is 9.78 Å². The number of sulfone groups is 1. The largest absolute Gasteiger partial charge is 0.384 e. The maximum absolute atomic E-state index is 14.2. The minimum absolute atomic E-state index is 0.0853. The topological polar surface area (TPSA) is 72.2 Å². The fourth-order valence-electron chi connectivity index (χ4n) is 3.25. The number of hydrogen-bond donors (Lipinski definition) is 1. The molecule has 0 saturated heterocycles. The molecule has 0 bridgehead atoms. The van der Waals surface area contributed by atoms with Gasteiger partial charge in [-0.05, 0) is 71.7 Å². The van der Waals surface area contributed by atoms with Gasteiger partial charge < -0.3 is 5.11 Å². The van der Waals surface area contributed by atoms with Crippen LogP contribution in [0.2, 0.25) is 5.02 Å². The Kier molecular flexibility index (Phi) is 6.30. The van der Waals surface area contributed by atoms with E-state index in [0.29, 0.717) is 17.1 Å². The quantitative estimate of drug-likeness (QED) is 0.300. The van der Waals surface area contributed by atoms with Crippen LogP contribution in [0, 0.1) is 5.82 Å². The van der Waals surface area contributed by atoms with Crippen molar-refractivity contribution in [2.24, 2.45) is 0 Å². The van der Waals surface area contributed by atoms with E-state index in [1.165, 1.54) is 34.4 Å². The highest BCUT2D eigenvalue weighted by molar-refractivity contribution is 9.10. The van der Waals surface area contributed by atoms with Gasteiger partial charge in [0, 0.05) is 15.6 Å². The van der Waals surface area contributed by atoms with Crippen molar-refractivity contribution in [2.45, 2.75) is 24.3 Å². The molecule has 0 unspecified atom stereocenters. The van der Waals surface area contributed by atoms with Crippen LogP contribution in [0.3, 0.4) is 0 Å². The van der Waals surface area contributed by atoms with Crippen molar-refractivity contribution in [3.63, 3.8) is 0 Å². The number of halogens is 3. The van der Waals surface area contributed by atoms with Gasteiger partial charge in [-0.1, -0.05) is 29.8 Å². The number of aliphatic hydroxyl groups is 1. The van der Waals surface area contributed by atoms with Crippen molar-refractivity contribution in [2.75, 3.05) is 6.26 Å². The van der Waals surface area contributed by atoms with E-state index in [0.717, 1.165) is 19.8 Å². The molecule has 0 aliphatic carbocycles. The van der Waals surface area contributed by atoms with Crippen LogP contribution in [-0.4, -0.2) is 29.6 Å². The van der Waals surface area contributed by atoms with Crippen LogP contribution in [-0.2, 0) is 15.4 Å². The van der Waals surface area contributed by atoms with Crippen LogP contribution in [0.5, 0.6) is 0 Å². The average molecular weight is 570 g/mol. The molecule has 2 aromatic carbocycles. The maximum atomic E-state index is 14.2. The number of rotatable bonds is 5. The molecular formula is C23H19BrClFN2O3S2. The van der Waals surface area contributed by atoms with E-state index < -0.39 is 21.3 Å². The Hall–Kier alpha value is -2.04. The van der Waals surface area contributed by atoms with E-state index in [1.54, 1.807) is 44.2 Å². The second-order valence-corrected chi connectivity index (χ2v) is 12.3. The van der Waals surface area contributed by atoms with E-state index in [9.17, 15) is 17.9 Å². The standard InChI is InChI=1S/C23H19BrClFN2O3S2/c1-23(2,29)20-12-18(28(27-20)17-9-5-8-16(26)21(17)25)22-15(24)11-19(32-22)13-6-4-7-14(10-13)33(3,30)31/h4-12,29H,1-3H3. The lowest BCUT2D eigenvalue weighted by molar-refractivity contribution is 0.0734. The molecule has 0 spiro atoms. The summed E-state index contributed by atoms with van der Waals surface area (Å²) in [5.74, 6) is -0.580. The molecular weight excluding hydrogens is 551 g/mol. The van der Waals surface area contributed by atoms with Crippen LogP contribution in [0.25, 0.3) is 26.7 Å². The van der Waals surface area contributed by atoms with Gasteiger partial charge in [-0.25, -0.2) is 17.5 Å². The first-order valence-electron chi connectivity index (χ1n) is 9.74. The monoisotopic (exact) mass is 568 g/mol. The van der Waals surface area contributed by atoms with E-state index >= 15 is 0 Å². The highest BCUT2D eigenvalue weighted by Gasteiger charge is 2.26. The SMILES string of the molecule is CC(C)(O)c1cc(-c2sc(-c3cccc(S(C)(=O)=O)c3)cc2Br)n(-c2cccc(F)c2Cl)n1. The summed E-state index contributed by atoms with van der Waals surface area (Å²) in [7, 11) is -3.35. The molecule has 0 aliphatic rings. The average Bonchev–Trinajstić information content (AvgIpc) is 3.33. The van der Waals surface area contributed by atoms with Gasteiger partial charge in [-0.3, -0.25) is 0 Å². The predicted octanol–water partition coefficient (Wildman–Crippen LogP) is 6.45. The fraction of sp³-hybridized carbons (Fsp3) is 0.174. The van der Waals surface area contributed by atoms with E-state index in [4.69, 9.17) is 11.6 Å². The van der Waals surface area contributed by atoms with Crippen molar-refractivity contribution >= 4 is 48.7 Å². The highest BCUT2D eigenvalue weighted by Crippen LogP contribution is 2.43.